The number of ether oxygens (including phenoxy) is 1. The summed E-state index contributed by atoms with van der Waals surface area (Å²) in [5, 5.41) is 12.6. The van der Waals surface area contributed by atoms with Crippen molar-refractivity contribution >= 4 is 17.2 Å². The molecule has 2 aromatic carbocycles. The number of halogens is 1. The summed E-state index contributed by atoms with van der Waals surface area (Å²) in [5.41, 5.74) is 2.53. The highest BCUT2D eigenvalue weighted by atomic mass is 32.1. The third-order valence-corrected chi connectivity index (χ3v) is 5.44. The molecule has 0 spiro atoms. The molecule has 0 saturated heterocycles. The molecule has 2 N–H and O–H groups in total. The Morgan fingerprint density at radius 3 is 2.65 bits per heavy atom. The van der Waals surface area contributed by atoms with Crippen LogP contribution in [-0.2, 0) is 24.2 Å². The third-order valence-electron chi connectivity index (χ3n) is 4.54. The van der Waals surface area contributed by atoms with E-state index in [1.165, 1.54) is 23.5 Å². The van der Waals surface area contributed by atoms with E-state index in [4.69, 9.17) is 4.74 Å². The molecule has 7 nitrogen and oxygen atoms in total. The summed E-state index contributed by atoms with van der Waals surface area (Å²) in [6.45, 7) is 0.245. The van der Waals surface area contributed by atoms with E-state index in [9.17, 15) is 9.18 Å². The van der Waals surface area contributed by atoms with Crippen LogP contribution in [0.3, 0.4) is 0 Å². The van der Waals surface area contributed by atoms with Crippen LogP contribution in [0.5, 0.6) is 5.75 Å². The van der Waals surface area contributed by atoms with Gasteiger partial charge in [-0.1, -0.05) is 12.1 Å². The lowest BCUT2D eigenvalue weighted by molar-refractivity contribution is -0.120. The van der Waals surface area contributed by atoms with Gasteiger partial charge in [0, 0.05) is 17.4 Å². The van der Waals surface area contributed by atoms with Crippen LogP contribution in [0.15, 0.2) is 53.9 Å². The molecule has 0 aliphatic rings. The lowest BCUT2D eigenvalue weighted by Crippen LogP contribution is -2.25. The molecule has 0 atom stereocenters. The van der Waals surface area contributed by atoms with Gasteiger partial charge < -0.3 is 10.1 Å². The van der Waals surface area contributed by atoms with Crippen molar-refractivity contribution in [2.24, 2.45) is 0 Å². The Labute approximate surface area is 182 Å². The first-order chi connectivity index (χ1) is 15.1. The van der Waals surface area contributed by atoms with Gasteiger partial charge in [-0.05, 0) is 42.0 Å². The number of hydrogen-bond acceptors (Lipinski definition) is 6. The number of amides is 1. The molecule has 0 bridgehead atoms. The highest BCUT2D eigenvalue weighted by Gasteiger charge is 2.11. The summed E-state index contributed by atoms with van der Waals surface area (Å²) in [6, 6.07) is 13.8. The molecule has 2 aromatic heterocycles. The van der Waals surface area contributed by atoms with E-state index >= 15 is 0 Å². The fourth-order valence-electron chi connectivity index (χ4n) is 2.94. The molecule has 0 saturated carbocycles. The normalized spacial score (nSPS) is 10.8. The van der Waals surface area contributed by atoms with Crippen LogP contribution in [0.1, 0.15) is 22.1 Å². The molecule has 0 radical (unpaired) electrons. The quantitative estimate of drug-likeness (QED) is 0.440. The molecule has 4 aromatic rings. The van der Waals surface area contributed by atoms with Crippen LogP contribution < -0.4 is 10.1 Å². The van der Waals surface area contributed by atoms with E-state index in [2.05, 4.69) is 25.5 Å². The summed E-state index contributed by atoms with van der Waals surface area (Å²) in [4.78, 5) is 21.2. The van der Waals surface area contributed by atoms with E-state index < -0.39 is 0 Å². The first-order valence-corrected chi connectivity index (χ1v) is 10.5. The minimum absolute atomic E-state index is 0.152. The smallest absolute Gasteiger partial charge is 0.226 e. The standard InChI is InChI=1S/C22H20FN5O2S/c1-30-18-8-4-15(5-9-18)22-26-19(27-28-22)12-24-20(29)11-17-13-31-21(25-17)10-14-2-6-16(23)7-3-14/h2-9,13H,10-12H2,1H3,(H,24,29)(H,26,27,28). The summed E-state index contributed by atoms with van der Waals surface area (Å²) >= 11 is 1.49. The van der Waals surface area contributed by atoms with Gasteiger partial charge >= 0.3 is 0 Å². The Hall–Kier alpha value is -3.59. The largest absolute Gasteiger partial charge is 0.497 e. The van der Waals surface area contributed by atoms with Crippen molar-refractivity contribution in [1.29, 1.82) is 0 Å². The molecular formula is C22H20FN5O2S. The lowest BCUT2D eigenvalue weighted by Gasteiger charge is -2.01. The van der Waals surface area contributed by atoms with Gasteiger partial charge in [0.1, 0.15) is 17.4 Å². The Morgan fingerprint density at radius 1 is 1.13 bits per heavy atom. The Bertz CT molecular complexity index is 1160. The van der Waals surface area contributed by atoms with Gasteiger partial charge in [0.15, 0.2) is 5.82 Å². The van der Waals surface area contributed by atoms with Crippen LogP contribution in [0.25, 0.3) is 11.4 Å². The number of hydrogen-bond donors (Lipinski definition) is 2. The number of H-pyrrole nitrogens is 1. The monoisotopic (exact) mass is 437 g/mol. The Balaban J connectivity index is 1.28. The van der Waals surface area contributed by atoms with Gasteiger partial charge in [0.25, 0.3) is 0 Å². The number of aromatic amines is 1. The number of nitrogens with zero attached hydrogens (tertiary/aromatic N) is 3. The molecule has 0 aliphatic carbocycles. The second kappa shape index (κ2) is 9.48. The predicted octanol–water partition coefficient (Wildman–Crippen LogP) is 3.53. The van der Waals surface area contributed by atoms with Crippen molar-refractivity contribution in [2.45, 2.75) is 19.4 Å². The SMILES string of the molecule is COc1ccc(-c2n[nH]c(CNC(=O)Cc3csc(Cc4ccc(F)cc4)n3)n2)cc1. The molecule has 0 unspecified atom stereocenters. The molecule has 158 valence electrons. The van der Waals surface area contributed by atoms with E-state index in [0.717, 1.165) is 21.9 Å². The molecule has 31 heavy (non-hydrogen) atoms. The topological polar surface area (TPSA) is 92.8 Å². The van der Waals surface area contributed by atoms with Gasteiger partial charge in [-0.2, -0.15) is 5.10 Å². The van der Waals surface area contributed by atoms with Crippen LogP contribution in [0, 0.1) is 5.82 Å². The van der Waals surface area contributed by atoms with Crippen molar-refractivity contribution in [3.63, 3.8) is 0 Å². The van der Waals surface area contributed by atoms with Gasteiger partial charge in [-0.3, -0.25) is 9.89 Å². The van der Waals surface area contributed by atoms with Gasteiger partial charge in [-0.25, -0.2) is 14.4 Å². The van der Waals surface area contributed by atoms with Crippen LogP contribution >= 0.6 is 11.3 Å². The van der Waals surface area contributed by atoms with E-state index in [1.807, 2.05) is 29.6 Å². The van der Waals surface area contributed by atoms with E-state index in [1.54, 1.807) is 19.2 Å². The van der Waals surface area contributed by atoms with Crippen molar-refractivity contribution in [1.82, 2.24) is 25.5 Å². The summed E-state index contributed by atoms with van der Waals surface area (Å²) in [6.07, 6.45) is 0.790. The van der Waals surface area contributed by atoms with Crippen molar-refractivity contribution in [2.75, 3.05) is 7.11 Å². The Morgan fingerprint density at radius 2 is 1.90 bits per heavy atom. The van der Waals surface area contributed by atoms with Gasteiger partial charge in [0.05, 0.1) is 30.8 Å². The van der Waals surface area contributed by atoms with Crippen LogP contribution in [0.2, 0.25) is 0 Å². The maximum atomic E-state index is 13.0. The average Bonchev–Trinajstić information content (AvgIpc) is 3.44. The molecule has 2 heterocycles. The third kappa shape index (κ3) is 5.52. The molecule has 1 amide bonds. The fraction of sp³-hybridized carbons (Fsp3) is 0.182. The maximum Gasteiger partial charge on any atom is 0.226 e. The number of benzene rings is 2. The first-order valence-electron chi connectivity index (χ1n) is 9.59. The number of methoxy groups -OCH3 is 1. The van der Waals surface area contributed by atoms with Crippen LogP contribution in [0.4, 0.5) is 4.39 Å². The molecule has 0 fully saturated rings. The number of carbonyl (C=O) groups excluding carboxylic acids is 1. The highest BCUT2D eigenvalue weighted by Crippen LogP contribution is 2.19. The fourth-order valence-corrected chi connectivity index (χ4v) is 3.77. The number of carbonyl (C=O) groups is 1. The maximum absolute atomic E-state index is 13.0. The second-order valence-corrected chi connectivity index (χ2v) is 7.77. The second-order valence-electron chi connectivity index (χ2n) is 6.82. The summed E-state index contributed by atoms with van der Waals surface area (Å²) < 4.78 is 18.2. The lowest BCUT2D eigenvalue weighted by atomic mass is 10.1. The number of rotatable bonds is 8. The zero-order valence-electron chi connectivity index (χ0n) is 16.8. The van der Waals surface area contributed by atoms with Crippen molar-refractivity contribution in [3.8, 4) is 17.1 Å². The van der Waals surface area contributed by atoms with Gasteiger partial charge in [0.2, 0.25) is 5.91 Å². The zero-order valence-corrected chi connectivity index (χ0v) is 17.6. The zero-order chi connectivity index (χ0) is 21.6. The molecule has 4 rings (SSSR count). The average molecular weight is 438 g/mol. The van der Waals surface area contributed by atoms with Crippen molar-refractivity contribution in [3.05, 3.63) is 81.8 Å². The van der Waals surface area contributed by atoms with Crippen molar-refractivity contribution < 1.29 is 13.9 Å². The molecular weight excluding hydrogens is 417 g/mol. The number of aromatic nitrogens is 4. The minimum Gasteiger partial charge on any atom is -0.497 e. The Kier molecular flexibility index (Phi) is 6.32. The van der Waals surface area contributed by atoms with Gasteiger partial charge in [-0.15, -0.1) is 11.3 Å². The number of nitrogens with one attached hydrogen (secondary N) is 2. The highest BCUT2D eigenvalue weighted by molar-refractivity contribution is 7.09. The van der Waals surface area contributed by atoms with E-state index in [0.29, 0.717) is 23.8 Å². The number of thiazole rings is 1. The molecule has 9 heteroatoms. The first kappa shape index (κ1) is 20.7. The molecule has 0 aliphatic heterocycles. The summed E-state index contributed by atoms with van der Waals surface area (Å²) in [5.74, 6) is 1.46. The minimum atomic E-state index is -0.261. The predicted molar refractivity (Wildman–Crippen MR) is 115 cm³/mol. The van der Waals surface area contributed by atoms with E-state index in [-0.39, 0.29) is 24.7 Å². The summed E-state index contributed by atoms with van der Waals surface area (Å²) in [7, 11) is 1.61. The van der Waals surface area contributed by atoms with Crippen LogP contribution in [-0.4, -0.2) is 33.2 Å².